The summed E-state index contributed by atoms with van der Waals surface area (Å²) in [7, 11) is 0. The highest BCUT2D eigenvalue weighted by atomic mass is 19.1. The first kappa shape index (κ1) is 31.2. The lowest BCUT2D eigenvalue weighted by Gasteiger charge is -2.25. The summed E-state index contributed by atoms with van der Waals surface area (Å²) in [5, 5.41) is 2.65. The van der Waals surface area contributed by atoms with Crippen molar-refractivity contribution in [3.05, 3.63) is 59.2 Å². The van der Waals surface area contributed by atoms with Gasteiger partial charge in [-0.3, -0.25) is 9.59 Å². The van der Waals surface area contributed by atoms with Gasteiger partial charge in [-0.15, -0.1) is 0 Å². The molecule has 3 atom stereocenters. The molecule has 1 N–H and O–H groups in total. The van der Waals surface area contributed by atoms with E-state index in [9.17, 15) is 14.0 Å². The van der Waals surface area contributed by atoms with E-state index in [1.165, 1.54) is 18.6 Å². The Bertz CT molecular complexity index is 1480. The molecule has 3 aromatic rings. The number of benzene rings is 1. The lowest BCUT2D eigenvalue weighted by Crippen LogP contribution is -2.35. The molecule has 1 aromatic carbocycles. The van der Waals surface area contributed by atoms with Crippen LogP contribution in [0.5, 0.6) is 5.88 Å². The normalized spacial score (nSPS) is 22.1. The van der Waals surface area contributed by atoms with Crippen LogP contribution in [0.1, 0.15) is 73.6 Å². The number of anilines is 1. The van der Waals surface area contributed by atoms with Gasteiger partial charge in [-0.1, -0.05) is 12.1 Å². The Morgan fingerprint density at radius 3 is 2.62 bits per heavy atom. The summed E-state index contributed by atoms with van der Waals surface area (Å²) >= 11 is 0. The van der Waals surface area contributed by atoms with E-state index in [-0.39, 0.29) is 42.2 Å². The van der Waals surface area contributed by atoms with E-state index in [0.717, 1.165) is 49.5 Å². The van der Waals surface area contributed by atoms with Crippen molar-refractivity contribution in [3.8, 4) is 17.3 Å². The van der Waals surface area contributed by atoms with Gasteiger partial charge in [-0.2, -0.15) is 0 Å². The summed E-state index contributed by atoms with van der Waals surface area (Å²) in [6, 6.07) is 9.87. The maximum Gasteiger partial charge on any atom is 0.274 e. The van der Waals surface area contributed by atoms with Crippen LogP contribution in [0.4, 0.5) is 10.2 Å². The standard InChI is InChI=1S/C34H42FN5O5/c1-3-39(14-6-16-44-30-7-4-5-15-43-30)34(42)31-32(36-21-41)38-33(40(31)20-23-8-10-26(35)11-9-23)28-12-13-29(37-22(28)2)45-27-18-24-17-25(24)19-27/h8-13,21,24-25,27,30H,3-7,14-20H2,1-2H3,(H,36,41). The molecular formula is C34H42FN5O5. The third-order valence-electron chi connectivity index (χ3n) is 9.09. The number of nitrogens with zero attached hydrogens (tertiary/aromatic N) is 4. The number of rotatable bonds is 14. The van der Waals surface area contributed by atoms with Crippen LogP contribution in [-0.2, 0) is 20.8 Å². The SMILES string of the molecule is CCN(CCCOC1CCCCO1)C(=O)c1c(NC=O)nc(-c2ccc(OC3CC4CC4C3)nc2C)n1Cc1ccc(F)cc1. The average Bonchev–Trinajstić information content (AvgIpc) is 3.50. The molecule has 2 amide bonds. The number of pyridine rings is 1. The largest absolute Gasteiger partial charge is 0.474 e. The second-order valence-electron chi connectivity index (χ2n) is 12.3. The molecule has 1 aliphatic heterocycles. The van der Waals surface area contributed by atoms with E-state index in [1.807, 2.05) is 26.0 Å². The minimum absolute atomic E-state index is 0.155. The predicted molar refractivity (Wildman–Crippen MR) is 166 cm³/mol. The fraction of sp³-hybridized carbons (Fsp3) is 0.529. The van der Waals surface area contributed by atoms with Crippen molar-refractivity contribution in [1.82, 2.24) is 19.4 Å². The van der Waals surface area contributed by atoms with Crippen LogP contribution in [0.25, 0.3) is 11.4 Å². The third-order valence-corrected chi connectivity index (χ3v) is 9.09. The highest BCUT2D eigenvalue weighted by Crippen LogP contribution is 2.52. The molecule has 0 bridgehead atoms. The predicted octanol–water partition coefficient (Wildman–Crippen LogP) is 5.58. The van der Waals surface area contributed by atoms with Crippen molar-refractivity contribution in [2.45, 2.75) is 77.7 Å². The highest BCUT2D eigenvalue weighted by Gasteiger charge is 2.47. The fourth-order valence-corrected chi connectivity index (χ4v) is 6.59. The van der Waals surface area contributed by atoms with Crippen molar-refractivity contribution in [1.29, 1.82) is 0 Å². The maximum absolute atomic E-state index is 14.2. The number of aromatic nitrogens is 3. The van der Waals surface area contributed by atoms with Crippen LogP contribution in [0.3, 0.4) is 0 Å². The van der Waals surface area contributed by atoms with Crippen LogP contribution in [0, 0.1) is 24.6 Å². The van der Waals surface area contributed by atoms with Gasteiger partial charge in [0.25, 0.3) is 5.91 Å². The Balaban J connectivity index is 1.28. The molecule has 6 rings (SSSR count). The molecule has 3 heterocycles. The molecule has 240 valence electrons. The average molecular weight is 620 g/mol. The zero-order valence-electron chi connectivity index (χ0n) is 26.0. The van der Waals surface area contributed by atoms with Gasteiger partial charge in [-0.25, -0.2) is 14.4 Å². The Hall–Kier alpha value is -3.83. The molecule has 3 unspecified atom stereocenters. The Morgan fingerprint density at radius 2 is 1.93 bits per heavy atom. The number of halogens is 1. The molecule has 2 saturated carbocycles. The van der Waals surface area contributed by atoms with Crippen molar-refractivity contribution in [3.63, 3.8) is 0 Å². The van der Waals surface area contributed by atoms with E-state index >= 15 is 0 Å². The summed E-state index contributed by atoms with van der Waals surface area (Å²) in [6.07, 6.45) is 7.65. The van der Waals surface area contributed by atoms with Gasteiger partial charge >= 0.3 is 0 Å². The number of fused-ring (bicyclic) bond motifs is 1. The first-order chi connectivity index (χ1) is 21.9. The van der Waals surface area contributed by atoms with Crippen molar-refractivity contribution >= 4 is 18.1 Å². The van der Waals surface area contributed by atoms with Gasteiger partial charge in [0.2, 0.25) is 12.3 Å². The Labute approximate surface area is 263 Å². The fourth-order valence-electron chi connectivity index (χ4n) is 6.59. The van der Waals surface area contributed by atoms with Gasteiger partial charge in [-0.05, 0) is 94.4 Å². The summed E-state index contributed by atoms with van der Waals surface area (Å²) < 4.78 is 33.3. The third kappa shape index (κ3) is 7.36. The molecule has 45 heavy (non-hydrogen) atoms. The Morgan fingerprint density at radius 1 is 1.13 bits per heavy atom. The van der Waals surface area contributed by atoms with E-state index in [1.54, 1.807) is 21.6 Å². The molecule has 3 aliphatic rings. The number of aryl methyl sites for hydroxylation is 1. The number of hydrogen-bond donors (Lipinski definition) is 1. The van der Waals surface area contributed by atoms with Gasteiger partial charge < -0.3 is 29.0 Å². The lowest BCUT2D eigenvalue weighted by atomic mass is 10.1. The summed E-state index contributed by atoms with van der Waals surface area (Å²) in [5.41, 5.74) is 2.41. The van der Waals surface area contributed by atoms with Crippen molar-refractivity contribution < 1.29 is 28.2 Å². The zero-order chi connectivity index (χ0) is 31.3. The minimum atomic E-state index is -0.350. The van der Waals surface area contributed by atoms with Crippen molar-refractivity contribution in [2.24, 2.45) is 11.8 Å². The molecule has 2 aliphatic carbocycles. The van der Waals surface area contributed by atoms with Crippen molar-refractivity contribution in [2.75, 3.05) is 31.6 Å². The van der Waals surface area contributed by atoms with E-state index in [2.05, 4.69) is 5.32 Å². The highest BCUT2D eigenvalue weighted by molar-refractivity contribution is 6.00. The number of hydrogen-bond acceptors (Lipinski definition) is 7. The molecule has 1 saturated heterocycles. The van der Waals surface area contributed by atoms with E-state index < -0.39 is 0 Å². The summed E-state index contributed by atoms with van der Waals surface area (Å²) in [6.45, 7) is 6.11. The first-order valence-electron chi connectivity index (χ1n) is 16.2. The smallest absolute Gasteiger partial charge is 0.274 e. The van der Waals surface area contributed by atoms with Gasteiger partial charge in [0.1, 0.15) is 17.7 Å². The van der Waals surface area contributed by atoms with Gasteiger partial charge in [0.05, 0.1) is 12.3 Å². The van der Waals surface area contributed by atoms with E-state index in [4.69, 9.17) is 24.2 Å². The van der Waals surface area contributed by atoms with E-state index in [0.29, 0.717) is 62.1 Å². The lowest BCUT2D eigenvalue weighted by molar-refractivity contribution is -0.162. The van der Waals surface area contributed by atoms with Gasteiger partial charge in [0, 0.05) is 37.9 Å². The number of carbonyl (C=O) groups is 2. The maximum atomic E-state index is 14.2. The molecule has 0 spiro atoms. The summed E-state index contributed by atoms with van der Waals surface area (Å²) in [5.74, 6) is 2.17. The number of ether oxygens (including phenoxy) is 3. The number of nitrogens with one attached hydrogen (secondary N) is 1. The monoisotopic (exact) mass is 619 g/mol. The van der Waals surface area contributed by atoms with Crippen LogP contribution < -0.4 is 10.1 Å². The zero-order valence-corrected chi connectivity index (χ0v) is 26.0. The first-order valence-corrected chi connectivity index (χ1v) is 16.2. The van der Waals surface area contributed by atoms with Crippen LogP contribution >= 0.6 is 0 Å². The molecule has 2 aromatic heterocycles. The second-order valence-corrected chi connectivity index (χ2v) is 12.3. The molecule has 3 fully saturated rings. The second kappa shape index (κ2) is 14.1. The van der Waals surface area contributed by atoms with Gasteiger partial charge in [0.15, 0.2) is 17.8 Å². The van der Waals surface area contributed by atoms with Crippen LogP contribution in [-0.4, -0.2) is 70.4 Å². The summed E-state index contributed by atoms with van der Waals surface area (Å²) in [4.78, 5) is 37.1. The Kier molecular flexibility index (Phi) is 9.75. The molecule has 0 radical (unpaired) electrons. The molecule has 11 heteroatoms. The number of carbonyl (C=O) groups excluding carboxylic acids is 2. The number of imidazole rings is 1. The molecular weight excluding hydrogens is 577 g/mol. The topological polar surface area (TPSA) is 108 Å². The quantitative estimate of drug-likeness (QED) is 0.185. The van der Waals surface area contributed by atoms with Crippen LogP contribution in [0.15, 0.2) is 36.4 Å². The van der Waals surface area contributed by atoms with Crippen LogP contribution in [0.2, 0.25) is 0 Å². The minimum Gasteiger partial charge on any atom is -0.474 e. The molecule has 10 nitrogen and oxygen atoms in total. The number of amides is 2.